The highest BCUT2D eigenvalue weighted by molar-refractivity contribution is 5.94. The first-order chi connectivity index (χ1) is 16.3. The number of aromatic nitrogens is 3. The Labute approximate surface area is 199 Å². The zero-order chi connectivity index (χ0) is 24.0. The van der Waals surface area contributed by atoms with E-state index in [1.165, 1.54) is 5.56 Å². The molecule has 0 radical (unpaired) electrons. The van der Waals surface area contributed by atoms with Gasteiger partial charge in [-0.25, -0.2) is 4.98 Å². The highest BCUT2D eigenvalue weighted by Crippen LogP contribution is 2.36. The molecule has 2 aliphatic rings. The fourth-order valence-electron chi connectivity index (χ4n) is 4.70. The van der Waals surface area contributed by atoms with Crippen molar-refractivity contribution in [3.63, 3.8) is 0 Å². The van der Waals surface area contributed by atoms with Gasteiger partial charge in [-0.3, -0.25) is 4.79 Å². The number of aromatic hydroxyl groups is 1. The molecule has 2 N–H and O–H groups in total. The number of hydrogen-bond donors (Lipinski definition) is 2. The van der Waals surface area contributed by atoms with E-state index in [1.807, 2.05) is 35.6 Å². The van der Waals surface area contributed by atoms with E-state index in [2.05, 4.69) is 29.3 Å². The molecule has 1 fully saturated rings. The van der Waals surface area contributed by atoms with Crippen molar-refractivity contribution in [3.8, 4) is 11.6 Å². The van der Waals surface area contributed by atoms with Crippen molar-refractivity contribution in [1.29, 1.82) is 0 Å². The van der Waals surface area contributed by atoms with Crippen LogP contribution in [0, 0.1) is 0 Å². The van der Waals surface area contributed by atoms with Crippen LogP contribution in [-0.4, -0.2) is 63.2 Å². The molecule has 1 aromatic carbocycles. The van der Waals surface area contributed by atoms with Crippen LogP contribution in [0.15, 0.2) is 24.4 Å². The van der Waals surface area contributed by atoms with Crippen molar-refractivity contribution >= 4 is 28.6 Å². The third kappa shape index (κ3) is 3.99. The largest absolute Gasteiger partial charge is 0.493 e. The Morgan fingerprint density at radius 3 is 2.62 bits per heavy atom. The lowest BCUT2D eigenvalue weighted by Crippen LogP contribution is -2.48. The maximum absolute atomic E-state index is 11.7. The summed E-state index contributed by atoms with van der Waals surface area (Å²) in [5, 5.41) is 15.3. The van der Waals surface area contributed by atoms with Gasteiger partial charge in [0, 0.05) is 57.8 Å². The summed E-state index contributed by atoms with van der Waals surface area (Å²) in [5.41, 5.74) is 2.91. The van der Waals surface area contributed by atoms with Crippen LogP contribution in [-0.2, 0) is 11.2 Å². The van der Waals surface area contributed by atoms with Crippen LogP contribution >= 0.6 is 0 Å². The van der Waals surface area contributed by atoms with Crippen molar-refractivity contribution in [1.82, 2.24) is 19.4 Å². The molecule has 1 atom stereocenters. The van der Waals surface area contributed by atoms with Gasteiger partial charge < -0.3 is 29.5 Å². The van der Waals surface area contributed by atoms with E-state index >= 15 is 0 Å². The zero-order valence-corrected chi connectivity index (χ0v) is 20.2. The molecule has 1 amide bonds. The number of benzene rings is 1. The summed E-state index contributed by atoms with van der Waals surface area (Å²) in [6.45, 7) is 11.0. The number of carbonyl (C=O) groups is 1. The number of anilines is 2. The molecule has 2 aliphatic heterocycles. The van der Waals surface area contributed by atoms with Crippen LogP contribution < -0.4 is 15.0 Å². The van der Waals surface area contributed by atoms with Crippen LogP contribution in [0.25, 0.3) is 10.9 Å². The summed E-state index contributed by atoms with van der Waals surface area (Å²) in [4.78, 5) is 25.3. The molecule has 0 unspecified atom stereocenters. The molecule has 0 aliphatic carbocycles. The van der Waals surface area contributed by atoms with Gasteiger partial charge in [-0.05, 0) is 44.0 Å². The van der Waals surface area contributed by atoms with Crippen LogP contribution in [0.3, 0.4) is 0 Å². The summed E-state index contributed by atoms with van der Waals surface area (Å²) < 4.78 is 7.47. The first kappa shape index (κ1) is 22.3. The van der Waals surface area contributed by atoms with E-state index in [1.54, 1.807) is 6.92 Å². The van der Waals surface area contributed by atoms with Gasteiger partial charge in [0.15, 0.2) is 0 Å². The van der Waals surface area contributed by atoms with Gasteiger partial charge in [-0.15, -0.1) is 0 Å². The van der Waals surface area contributed by atoms with Crippen LogP contribution in [0.1, 0.15) is 50.9 Å². The first-order valence-electron chi connectivity index (χ1n) is 12.0. The molecule has 0 saturated carbocycles. The average molecular weight is 465 g/mol. The standard InChI is InChI=1S/C25H32N6O3/c1-15(2)31-14-20-22(24(31)33)27-25(30-10-8-29(9-11-30)17(4)32)28-23(20)26-16(3)18-5-6-21-19(13-18)7-12-34-21/h5-6,13-16,33H,7-12H2,1-4H3,(H,26,27,28)/t16-/m1/s1. The predicted octanol–water partition coefficient (Wildman–Crippen LogP) is 3.49. The van der Waals surface area contributed by atoms with E-state index < -0.39 is 0 Å². The fraction of sp³-hybridized carbons (Fsp3) is 0.480. The fourth-order valence-corrected chi connectivity index (χ4v) is 4.70. The molecule has 34 heavy (non-hydrogen) atoms. The minimum absolute atomic E-state index is 0.00375. The molecule has 180 valence electrons. The topological polar surface area (TPSA) is 95.8 Å². The lowest BCUT2D eigenvalue weighted by atomic mass is 10.0. The molecule has 2 aromatic heterocycles. The number of hydrogen-bond acceptors (Lipinski definition) is 7. The van der Waals surface area contributed by atoms with Gasteiger partial charge in [0.05, 0.1) is 12.0 Å². The van der Waals surface area contributed by atoms with E-state index in [0.29, 0.717) is 43.5 Å². The lowest BCUT2D eigenvalue weighted by Gasteiger charge is -2.34. The summed E-state index contributed by atoms with van der Waals surface area (Å²) in [5.74, 6) is 2.43. The van der Waals surface area contributed by atoms with Crippen molar-refractivity contribution in [3.05, 3.63) is 35.5 Å². The number of nitrogens with one attached hydrogen (secondary N) is 1. The molecule has 9 heteroatoms. The Kier molecular flexibility index (Phi) is 5.71. The second-order valence-electron chi connectivity index (χ2n) is 9.41. The van der Waals surface area contributed by atoms with Gasteiger partial charge in [-0.1, -0.05) is 6.07 Å². The molecule has 4 heterocycles. The molecule has 0 spiro atoms. The Hall–Kier alpha value is -3.49. The number of piperazine rings is 1. The smallest absolute Gasteiger partial charge is 0.228 e. The number of carbonyl (C=O) groups excluding carboxylic acids is 1. The molecular formula is C25H32N6O3. The number of fused-ring (bicyclic) bond motifs is 2. The summed E-state index contributed by atoms with van der Waals surface area (Å²) in [7, 11) is 0. The van der Waals surface area contributed by atoms with Crippen molar-refractivity contribution in [2.45, 2.75) is 46.2 Å². The number of ether oxygens (including phenoxy) is 1. The normalized spacial score (nSPS) is 16.6. The van der Waals surface area contributed by atoms with E-state index in [9.17, 15) is 9.90 Å². The summed E-state index contributed by atoms with van der Waals surface area (Å²) in [6, 6.07) is 6.39. The van der Waals surface area contributed by atoms with Crippen LogP contribution in [0.4, 0.5) is 11.8 Å². The third-order valence-electron chi connectivity index (χ3n) is 6.79. The summed E-state index contributed by atoms with van der Waals surface area (Å²) >= 11 is 0. The maximum Gasteiger partial charge on any atom is 0.228 e. The minimum Gasteiger partial charge on any atom is -0.493 e. The highest BCUT2D eigenvalue weighted by atomic mass is 16.5. The molecule has 9 nitrogen and oxygen atoms in total. The van der Waals surface area contributed by atoms with E-state index in [0.717, 1.165) is 29.7 Å². The molecule has 0 bridgehead atoms. The lowest BCUT2D eigenvalue weighted by molar-refractivity contribution is -0.129. The first-order valence-corrected chi connectivity index (χ1v) is 12.0. The number of nitrogens with zero attached hydrogens (tertiary/aromatic N) is 5. The van der Waals surface area contributed by atoms with Crippen molar-refractivity contribution < 1.29 is 14.6 Å². The molecule has 1 saturated heterocycles. The van der Waals surface area contributed by atoms with Crippen LogP contribution in [0.2, 0.25) is 0 Å². The Morgan fingerprint density at radius 1 is 1.15 bits per heavy atom. The average Bonchev–Trinajstić information content (AvgIpc) is 3.43. The van der Waals surface area contributed by atoms with Crippen molar-refractivity contribution in [2.75, 3.05) is 43.0 Å². The molecule has 3 aromatic rings. The third-order valence-corrected chi connectivity index (χ3v) is 6.79. The van der Waals surface area contributed by atoms with Crippen LogP contribution in [0.5, 0.6) is 11.6 Å². The van der Waals surface area contributed by atoms with Crippen molar-refractivity contribution in [2.24, 2.45) is 0 Å². The second-order valence-corrected chi connectivity index (χ2v) is 9.41. The maximum atomic E-state index is 11.7. The predicted molar refractivity (Wildman–Crippen MR) is 132 cm³/mol. The van der Waals surface area contributed by atoms with Gasteiger partial charge in [0.1, 0.15) is 17.1 Å². The molecule has 5 rings (SSSR count). The Bertz CT molecular complexity index is 1230. The number of rotatable bonds is 5. The number of amides is 1. The zero-order valence-electron chi connectivity index (χ0n) is 20.2. The minimum atomic E-state index is -0.00375. The Morgan fingerprint density at radius 2 is 1.91 bits per heavy atom. The van der Waals surface area contributed by atoms with E-state index in [4.69, 9.17) is 14.7 Å². The monoisotopic (exact) mass is 464 g/mol. The van der Waals surface area contributed by atoms with E-state index in [-0.39, 0.29) is 23.9 Å². The molecular weight excluding hydrogens is 432 g/mol. The van der Waals surface area contributed by atoms with Gasteiger partial charge in [0.25, 0.3) is 0 Å². The second kappa shape index (κ2) is 8.70. The Balaban J connectivity index is 1.50. The summed E-state index contributed by atoms with van der Waals surface area (Å²) in [6.07, 6.45) is 2.84. The quantitative estimate of drug-likeness (QED) is 0.597. The van der Waals surface area contributed by atoms with Gasteiger partial charge in [-0.2, -0.15) is 4.98 Å². The highest BCUT2D eigenvalue weighted by Gasteiger charge is 2.25. The SMILES string of the molecule is CC(=O)N1CCN(c2nc(N[C@H](C)c3ccc4c(c3)CCO4)c3cn(C(C)C)c(O)c3n2)CC1. The van der Waals surface area contributed by atoms with Gasteiger partial charge >= 0.3 is 0 Å². The van der Waals surface area contributed by atoms with Gasteiger partial charge in [0.2, 0.25) is 17.7 Å².